The summed E-state index contributed by atoms with van der Waals surface area (Å²) in [5.41, 5.74) is 0.0994. The highest BCUT2D eigenvalue weighted by Crippen LogP contribution is 2.35. The Balaban J connectivity index is 2.12. The molecule has 2 aromatic rings. The van der Waals surface area contributed by atoms with Crippen LogP contribution in [0, 0.1) is 4.91 Å². The van der Waals surface area contributed by atoms with E-state index in [-0.39, 0.29) is 27.0 Å². The Morgan fingerprint density at radius 3 is 2.68 bits per heavy atom. The van der Waals surface area contributed by atoms with Crippen molar-refractivity contribution in [1.29, 1.82) is 0 Å². The SMILES string of the molecule is O=Nc1c[nH+]c(N2C(=O)c3cccc(O)c3C2=O)s1. The summed E-state index contributed by atoms with van der Waals surface area (Å²) in [5, 5.41) is 12.7. The third-order valence-electron chi connectivity index (χ3n) is 2.71. The summed E-state index contributed by atoms with van der Waals surface area (Å²) in [6.07, 6.45) is 1.30. The topological polar surface area (TPSA) is 101 Å². The second kappa shape index (κ2) is 3.95. The Kier molecular flexibility index (Phi) is 2.39. The summed E-state index contributed by atoms with van der Waals surface area (Å²) < 4.78 is 0. The molecule has 3 rings (SSSR count). The minimum atomic E-state index is -0.631. The van der Waals surface area contributed by atoms with E-state index in [2.05, 4.69) is 10.2 Å². The molecule has 1 aromatic heterocycles. The number of nitrogens with zero attached hydrogens (tertiary/aromatic N) is 2. The molecular weight excluding hydrogens is 270 g/mol. The molecule has 0 aliphatic carbocycles. The van der Waals surface area contributed by atoms with E-state index in [0.29, 0.717) is 0 Å². The molecule has 1 aliphatic rings. The van der Waals surface area contributed by atoms with Gasteiger partial charge in [-0.05, 0) is 28.6 Å². The van der Waals surface area contributed by atoms with Gasteiger partial charge in [-0.3, -0.25) is 0 Å². The maximum absolute atomic E-state index is 12.1. The molecule has 2 amide bonds. The molecule has 0 fully saturated rings. The van der Waals surface area contributed by atoms with Crippen molar-refractivity contribution in [2.24, 2.45) is 5.18 Å². The number of H-pyrrole nitrogens is 1. The van der Waals surface area contributed by atoms with E-state index in [1.165, 1.54) is 24.4 Å². The van der Waals surface area contributed by atoms with E-state index in [0.717, 1.165) is 16.2 Å². The molecule has 0 unspecified atom stereocenters. The van der Waals surface area contributed by atoms with Crippen LogP contribution in [0.1, 0.15) is 20.7 Å². The smallest absolute Gasteiger partial charge is 0.354 e. The van der Waals surface area contributed by atoms with Gasteiger partial charge in [0, 0.05) is 0 Å². The predicted octanol–water partition coefficient (Wildman–Crippen LogP) is 1.47. The number of hydrogen-bond acceptors (Lipinski definition) is 6. The highest BCUT2D eigenvalue weighted by molar-refractivity contribution is 7.19. The molecule has 19 heavy (non-hydrogen) atoms. The second-order valence-corrected chi connectivity index (χ2v) is 4.78. The fourth-order valence-corrected chi connectivity index (χ4v) is 2.62. The number of carbonyl (C=O) groups excluding carboxylic acids is 2. The molecule has 0 atom stereocenters. The van der Waals surface area contributed by atoms with Gasteiger partial charge in [0.25, 0.3) is 0 Å². The van der Waals surface area contributed by atoms with E-state index in [1.807, 2.05) is 0 Å². The van der Waals surface area contributed by atoms with Crippen molar-refractivity contribution in [2.75, 3.05) is 4.90 Å². The fourth-order valence-electron chi connectivity index (χ4n) is 1.89. The molecule has 94 valence electrons. The van der Waals surface area contributed by atoms with Crippen LogP contribution in [-0.2, 0) is 0 Å². The molecule has 0 saturated heterocycles. The molecule has 0 spiro atoms. The first-order chi connectivity index (χ1) is 9.13. The lowest BCUT2D eigenvalue weighted by molar-refractivity contribution is -0.355. The minimum Gasteiger partial charge on any atom is -0.507 e. The summed E-state index contributed by atoms with van der Waals surface area (Å²) in [6, 6.07) is 4.28. The van der Waals surface area contributed by atoms with Gasteiger partial charge in [0.15, 0.2) is 0 Å². The normalized spacial score (nSPS) is 13.8. The van der Waals surface area contributed by atoms with Crippen LogP contribution in [0.2, 0.25) is 0 Å². The number of aromatic amines is 1. The van der Waals surface area contributed by atoms with Crippen LogP contribution < -0.4 is 9.88 Å². The maximum atomic E-state index is 12.1. The number of amides is 2. The van der Waals surface area contributed by atoms with Crippen molar-refractivity contribution >= 4 is 33.3 Å². The van der Waals surface area contributed by atoms with Crippen LogP contribution in [0.4, 0.5) is 10.1 Å². The van der Waals surface area contributed by atoms with Crippen LogP contribution in [0.25, 0.3) is 0 Å². The van der Waals surface area contributed by atoms with Gasteiger partial charge in [-0.25, -0.2) is 14.6 Å². The number of aromatic nitrogens is 1. The number of imide groups is 1. The Morgan fingerprint density at radius 1 is 1.26 bits per heavy atom. The van der Waals surface area contributed by atoms with E-state index in [1.54, 1.807) is 0 Å². The highest BCUT2D eigenvalue weighted by Gasteiger charge is 2.47. The molecule has 0 bridgehead atoms. The third kappa shape index (κ3) is 1.54. The zero-order chi connectivity index (χ0) is 13.6. The number of anilines is 1. The van der Waals surface area contributed by atoms with E-state index < -0.39 is 11.8 Å². The summed E-state index contributed by atoms with van der Waals surface area (Å²) in [5.74, 6) is -1.43. The quantitative estimate of drug-likeness (QED) is 0.662. The van der Waals surface area contributed by atoms with Crippen LogP contribution >= 0.6 is 11.3 Å². The molecule has 8 heteroatoms. The van der Waals surface area contributed by atoms with Gasteiger partial charge in [-0.2, -0.15) is 0 Å². The monoisotopic (exact) mass is 276 g/mol. The largest absolute Gasteiger partial charge is 0.507 e. The first kappa shape index (κ1) is 11.5. The van der Waals surface area contributed by atoms with Crippen LogP contribution in [-0.4, -0.2) is 16.9 Å². The number of thiazole rings is 1. The lowest BCUT2D eigenvalue weighted by Gasteiger charge is -1.99. The molecule has 7 nitrogen and oxygen atoms in total. The van der Waals surface area contributed by atoms with Crippen LogP contribution in [0.15, 0.2) is 29.6 Å². The number of rotatable bonds is 2. The lowest BCUT2D eigenvalue weighted by atomic mass is 10.1. The number of nitroso groups, excluding NO2 is 1. The standard InChI is InChI=1S/C11H5N3O4S/c15-6-3-1-2-5-8(6)10(17)14(9(5)16)11-12-4-7(13-18)19-11/h1-4,15H/p+1. The first-order valence-corrected chi connectivity index (χ1v) is 6.00. The molecule has 2 N–H and O–H groups in total. The maximum Gasteiger partial charge on any atom is 0.354 e. The molecule has 2 heterocycles. The Bertz CT molecular complexity index is 724. The first-order valence-electron chi connectivity index (χ1n) is 5.19. The van der Waals surface area contributed by atoms with Gasteiger partial charge in [-0.15, -0.1) is 9.81 Å². The van der Waals surface area contributed by atoms with Crippen molar-refractivity contribution in [3.63, 3.8) is 0 Å². The van der Waals surface area contributed by atoms with Gasteiger partial charge in [-0.1, -0.05) is 6.07 Å². The molecule has 0 radical (unpaired) electrons. The van der Waals surface area contributed by atoms with E-state index in [4.69, 9.17) is 0 Å². The van der Waals surface area contributed by atoms with Crippen molar-refractivity contribution in [2.45, 2.75) is 0 Å². The number of phenols is 1. The Labute approximate surface area is 110 Å². The van der Waals surface area contributed by atoms with Crippen LogP contribution in [0.3, 0.4) is 0 Å². The highest BCUT2D eigenvalue weighted by atomic mass is 32.1. The molecule has 1 aromatic carbocycles. The fraction of sp³-hybridized carbons (Fsp3) is 0. The Morgan fingerprint density at radius 2 is 2.05 bits per heavy atom. The van der Waals surface area contributed by atoms with Gasteiger partial charge in [0.2, 0.25) is 5.00 Å². The summed E-state index contributed by atoms with van der Waals surface area (Å²) in [4.78, 5) is 38.2. The van der Waals surface area contributed by atoms with Crippen molar-refractivity contribution < 1.29 is 19.7 Å². The number of hydrogen-bond donors (Lipinski definition) is 1. The van der Waals surface area contributed by atoms with Gasteiger partial charge in [0.1, 0.15) is 17.5 Å². The van der Waals surface area contributed by atoms with Crippen LogP contribution in [0.5, 0.6) is 5.75 Å². The van der Waals surface area contributed by atoms with Gasteiger partial charge in [0.05, 0.1) is 5.56 Å². The number of benzene rings is 1. The average Bonchev–Trinajstić information content (AvgIpc) is 2.95. The van der Waals surface area contributed by atoms with Gasteiger partial charge < -0.3 is 5.11 Å². The molecular formula is C11H6N3O4S+. The average molecular weight is 276 g/mol. The van der Waals surface area contributed by atoms with Crippen molar-refractivity contribution in [1.82, 2.24) is 0 Å². The summed E-state index contributed by atoms with van der Waals surface area (Å²) >= 11 is 0.882. The van der Waals surface area contributed by atoms with Crippen molar-refractivity contribution in [3.05, 3.63) is 40.4 Å². The minimum absolute atomic E-state index is 0.0325. The number of fused-ring (bicyclic) bond motifs is 1. The van der Waals surface area contributed by atoms with Gasteiger partial charge >= 0.3 is 16.9 Å². The lowest BCUT2D eigenvalue weighted by Crippen LogP contribution is -2.32. The third-order valence-corrected chi connectivity index (χ3v) is 3.60. The molecule has 1 aliphatic heterocycles. The Hall–Kier alpha value is -2.61. The predicted molar refractivity (Wildman–Crippen MR) is 65.6 cm³/mol. The summed E-state index contributed by atoms with van der Waals surface area (Å²) in [6.45, 7) is 0. The zero-order valence-corrected chi connectivity index (χ0v) is 10.1. The van der Waals surface area contributed by atoms with Crippen molar-refractivity contribution in [3.8, 4) is 5.75 Å². The zero-order valence-electron chi connectivity index (χ0n) is 9.28. The number of carbonyl (C=O) groups is 2. The van der Waals surface area contributed by atoms with E-state index in [9.17, 15) is 19.6 Å². The molecule has 0 saturated carbocycles. The number of phenolic OH excluding ortho intramolecular Hbond substituents is 1. The van der Waals surface area contributed by atoms with E-state index >= 15 is 0 Å². The number of nitrogens with one attached hydrogen (secondary N) is 1. The second-order valence-electron chi connectivity index (χ2n) is 3.77. The summed E-state index contributed by atoms with van der Waals surface area (Å²) in [7, 11) is 0. The number of aromatic hydroxyl groups is 1.